The molecule has 1 fully saturated rings. The van der Waals surface area contributed by atoms with E-state index in [2.05, 4.69) is 34.6 Å². The molecule has 0 aromatic rings. The second kappa shape index (κ2) is 51.9. The Bertz CT molecular complexity index is 714. The van der Waals surface area contributed by atoms with Crippen LogP contribution < -0.4 is 0 Å². The third-order valence-corrected chi connectivity index (χ3v) is 11.1. The van der Waals surface area contributed by atoms with Crippen molar-refractivity contribution in [3.05, 3.63) is 0 Å². The highest BCUT2D eigenvalue weighted by molar-refractivity contribution is 5.69. The number of hydrogen-bond donors (Lipinski definition) is 1. The number of carbonyl (C=O) groups is 2. The van der Waals surface area contributed by atoms with Crippen LogP contribution in [0.15, 0.2) is 0 Å². The van der Waals surface area contributed by atoms with Crippen LogP contribution in [0.5, 0.6) is 0 Å². The Morgan fingerprint density at radius 3 is 1.20 bits per heavy atom. The minimum atomic E-state index is 0.0462. The first-order chi connectivity index (χ1) is 27.4. The van der Waals surface area contributed by atoms with Crippen LogP contribution in [0.4, 0.5) is 0 Å². The summed E-state index contributed by atoms with van der Waals surface area (Å²) >= 11 is 0. The summed E-state index contributed by atoms with van der Waals surface area (Å²) in [5, 5.41) is 7.88. The summed E-state index contributed by atoms with van der Waals surface area (Å²) in [4.78, 5) is 24.1. The van der Waals surface area contributed by atoms with Crippen LogP contribution in [0, 0.1) is 5.92 Å². The number of aliphatic hydroxyl groups excluding tert-OH is 1. The molecule has 0 aromatic carbocycles. The van der Waals surface area contributed by atoms with Crippen molar-refractivity contribution in [2.24, 2.45) is 5.92 Å². The molecule has 0 unspecified atom stereocenters. The van der Waals surface area contributed by atoms with Gasteiger partial charge in [-0.05, 0) is 76.5 Å². The van der Waals surface area contributed by atoms with Crippen LogP contribution in [0.2, 0.25) is 0 Å². The molecule has 0 bridgehead atoms. The minimum Gasteiger partial charge on any atom is -0.462 e. The maximum Gasteiger partial charge on any atom is 0.306 e. The predicted molar refractivity (Wildman–Crippen MR) is 247 cm³/mol. The largest absolute Gasteiger partial charge is 0.462 e. The third-order valence-electron chi connectivity index (χ3n) is 11.1. The standard InChI is InChI=1S/C26H52O2.C20H38O2.C3H8O.C2H6/c1-4-7-10-13-16-19-22-25(23-20-17-14-11-8-5-2)28-26(27)24-21-18-15-12-9-6-3;1-3-5-7-8-9-11-13-20(21)22-19-16-14-18(15-17-19)12-10-6-4-2;1-2-3-4;1-2/h25H,4-24H2,1-3H3;18-19H,3-17H2,1-2H3;4H,2-3H2,1H3;1-2H3. The summed E-state index contributed by atoms with van der Waals surface area (Å²) < 4.78 is 11.5. The Hall–Kier alpha value is -1.10. The maximum atomic E-state index is 12.3. The number of hydrogen-bond acceptors (Lipinski definition) is 5. The number of ether oxygens (including phenoxy) is 2. The average Bonchev–Trinajstić information content (AvgIpc) is 3.21. The van der Waals surface area contributed by atoms with Gasteiger partial charge in [0.1, 0.15) is 12.2 Å². The van der Waals surface area contributed by atoms with Gasteiger partial charge in [0.25, 0.3) is 0 Å². The molecule has 0 heterocycles. The van der Waals surface area contributed by atoms with E-state index < -0.39 is 0 Å². The van der Waals surface area contributed by atoms with Crippen LogP contribution in [0.3, 0.4) is 0 Å². The topological polar surface area (TPSA) is 72.8 Å². The van der Waals surface area contributed by atoms with Crippen molar-refractivity contribution in [3.8, 4) is 0 Å². The Morgan fingerprint density at radius 1 is 0.464 bits per heavy atom. The van der Waals surface area contributed by atoms with Crippen LogP contribution in [-0.4, -0.2) is 35.9 Å². The van der Waals surface area contributed by atoms with Gasteiger partial charge in [0.05, 0.1) is 0 Å². The molecule has 0 saturated heterocycles. The van der Waals surface area contributed by atoms with Crippen LogP contribution in [-0.2, 0) is 19.1 Å². The van der Waals surface area contributed by atoms with Gasteiger partial charge in [0.2, 0.25) is 0 Å². The molecule has 5 heteroatoms. The highest BCUT2D eigenvalue weighted by atomic mass is 16.5. The molecule has 0 aliphatic heterocycles. The van der Waals surface area contributed by atoms with E-state index in [4.69, 9.17) is 14.6 Å². The number of esters is 2. The fraction of sp³-hybridized carbons (Fsp3) is 0.961. The Labute approximate surface area is 352 Å². The van der Waals surface area contributed by atoms with Crippen LogP contribution in [0.1, 0.15) is 293 Å². The zero-order chi connectivity index (χ0) is 42.2. The fourth-order valence-corrected chi connectivity index (χ4v) is 7.38. The third kappa shape index (κ3) is 47.3. The van der Waals surface area contributed by atoms with E-state index in [9.17, 15) is 9.59 Å². The first kappa shape index (κ1) is 59.2. The summed E-state index contributed by atoms with van der Waals surface area (Å²) in [5.74, 6) is 0.988. The summed E-state index contributed by atoms with van der Waals surface area (Å²) in [6.07, 6.45) is 45.3. The van der Waals surface area contributed by atoms with Gasteiger partial charge in [0.15, 0.2) is 0 Å². The van der Waals surface area contributed by atoms with Gasteiger partial charge in [0, 0.05) is 19.4 Å². The molecule has 0 atom stereocenters. The van der Waals surface area contributed by atoms with Crippen molar-refractivity contribution >= 4 is 11.9 Å². The molecular weight excluding hydrogens is 693 g/mol. The van der Waals surface area contributed by atoms with Gasteiger partial charge >= 0.3 is 11.9 Å². The smallest absolute Gasteiger partial charge is 0.306 e. The average molecular weight is 797 g/mol. The summed E-state index contributed by atoms with van der Waals surface area (Å²) in [5.41, 5.74) is 0. The summed E-state index contributed by atoms with van der Waals surface area (Å²) in [7, 11) is 0. The first-order valence-electron chi connectivity index (χ1n) is 25.4. The molecule has 5 nitrogen and oxygen atoms in total. The van der Waals surface area contributed by atoms with Gasteiger partial charge < -0.3 is 14.6 Å². The molecule has 1 saturated carbocycles. The van der Waals surface area contributed by atoms with Gasteiger partial charge in [-0.3, -0.25) is 9.59 Å². The van der Waals surface area contributed by atoms with Crippen molar-refractivity contribution in [1.82, 2.24) is 0 Å². The van der Waals surface area contributed by atoms with E-state index in [0.29, 0.717) is 19.4 Å². The lowest BCUT2D eigenvalue weighted by molar-refractivity contribution is -0.151. The number of carbonyl (C=O) groups excluding carboxylic acids is 2. The van der Waals surface area contributed by atoms with Crippen molar-refractivity contribution < 1.29 is 24.2 Å². The zero-order valence-electron chi connectivity index (χ0n) is 39.7. The Morgan fingerprint density at radius 2 is 0.804 bits per heavy atom. The number of aliphatic hydroxyl groups is 1. The van der Waals surface area contributed by atoms with E-state index in [1.165, 1.54) is 180 Å². The molecular formula is C51H104O5. The quantitative estimate of drug-likeness (QED) is 0.0511. The Kier molecular flexibility index (Phi) is 54.9. The lowest BCUT2D eigenvalue weighted by Gasteiger charge is -2.28. The number of rotatable bonds is 35. The SMILES string of the molecule is CC.CCCCCCCCC(=O)OC(CCCCCCCC)CCCCCCCC.CCCCCCCCC(=O)OC1CCC(CCCCC)CC1.CCCO. The highest BCUT2D eigenvalue weighted by Crippen LogP contribution is 2.30. The first-order valence-corrected chi connectivity index (χ1v) is 25.4. The van der Waals surface area contributed by atoms with Crippen molar-refractivity contribution in [1.29, 1.82) is 0 Å². The fourth-order valence-electron chi connectivity index (χ4n) is 7.38. The van der Waals surface area contributed by atoms with Crippen molar-refractivity contribution in [2.75, 3.05) is 6.61 Å². The molecule has 1 aliphatic rings. The molecule has 0 radical (unpaired) electrons. The van der Waals surface area contributed by atoms with Crippen LogP contribution >= 0.6 is 0 Å². The second-order valence-electron chi connectivity index (χ2n) is 16.6. The highest BCUT2D eigenvalue weighted by Gasteiger charge is 2.23. The second-order valence-corrected chi connectivity index (χ2v) is 16.6. The van der Waals surface area contributed by atoms with E-state index in [1.807, 2.05) is 20.8 Å². The molecule has 0 amide bonds. The van der Waals surface area contributed by atoms with Crippen LogP contribution in [0.25, 0.3) is 0 Å². The zero-order valence-corrected chi connectivity index (χ0v) is 39.7. The van der Waals surface area contributed by atoms with E-state index in [-0.39, 0.29) is 24.1 Å². The molecule has 56 heavy (non-hydrogen) atoms. The lowest BCUT2D eigenvalue weighted by atomic mass is 9.84. The van der Waals surface area contributed by atoms with Gasteiger partial charge in [-0.15, -0.1) is 0 Å². The van der Waals surface area contributed by atoms with Crippen molar-refractivity contribution in [2.45, 2.75) is 305 Å². The lowest BCUT2D eigenvalue weighted by Crippen LogP contribution is -2.24. The van der Waals surface area contributed by atoms with E-state index >= 15 is 0 Å². The summed E-state index contributed by atoms with van der Waals surface area (Å²) in [6.45, 7) is 17.5. The molecule has 1 N–H and O–H groups in total. The molecule has 1 rings (SSSR count). The van der Waals surface area contributed by atoms with E-state index in [0.717, 1.165) is 50.9 Å². The van der Waals surface area contributed by atoms with Gasteiger partial charge in [-0.25, -0.2) is 0 Å². The maximum absolute atomic E-state index is 12.3. The van der Waals surface area contributed by atoms with Crippen molar-refractivity contribution in [3.63, 3.8) is 0 Å². The Balaban J connectivity index is -0.000000894. The molecule has 0 spiro atoms. The molecule has 1 aliphatic carbocycles. The predicted octanol–water partition coefficient (Wildman–Crippen LogP) is 17.0. The van der Waals surface area contributed by atoms with E-state index in [1.54, 1.807) is 0 Å². The van der Waals surface area contributed by atoms with Gasteiger partial charge in [-0.2, -0.15) is 0 Å². The molecule has 0 aromatic heterocycles. The normalized spacial score (nSPS) is 14.8. The number of unbranched alkanes of at least 4 members (excludes halogenated alkanes) is 22. The van der Waals surface area contributed by atoms with Gasteiger partial charge in [-0.1, -0.05) is 209 Å². The monoisotopic (exact) mass is 797 g/mol. The summed E-state index contributed by atoms with van der Waals surface area (Å²) in [6, 6.07) is 0. The minimum absolute atomic E-state index is 0.0462. The molecule has 338 valence electrons.